The van der Waals surface area contributed by atoms with Crippen LogP contribution in [0.4, 0.5) is 4.79 Å². The minimum atomic E-state index is -1.23. The number of ether oxygens (including phenoxy) is 1. The summed E-state index contributed by atoms with van der Waals surface area (Å²) in [5.74, 6) is -1.11. The number of aryl methyl sites for hydroxylation is 1. The fraction of sp³-hybridized carbons (Fsp3) is 0.433. The number of rotatable bonds is 10. The first-order valence-corrected chi connectivity index (χ1v) is 12.9. The van der Waals surface area contributed by atoms with Crippen molar-refractivity contribution in [1.29, 1.82) is 0 Å². The van der Waals surface area contributed by atoms with Crippen LogP contribution in [0.15, 0.2) is 42.5 Å². The molecular weight excluding hydrogens is 498 g/mol. The molecule has 39 heavy (non-hydrogen) atoms. The lowest BCUT2D eigenvalue weighted by Gasteiger charge is -2.31. The summed E-state index contributed by atoms with van der Waals surface area (Å²) in [6.07, 6.45) is 6.60. The molecule has 2 aromatic carbocycles. The highest BCUT2D eigenvalue weighted by atomic mass is 16.6. The zero-order valence-corrected chi connectivity index (χ0v) is 23.4. The Hall–Kier alpha value is -4.19. The van der Waals surface area contributed by atoms with Gasteiger partial charge in [-0.25, -0.2) is 4.79 Å². The third-order valence-corrected chi connectivity index (χ3v) is 5.90. The minimum Gasteiger partial charge on any atom is -0.508 e. The van der Waals surface area contributed by atoms with Crippen molar-refractivity contribution in [3.63, 3.8) is 0 Å². The molecule has 210 valence electrons. The fourth-order valence-electron chi connectivity index (χ4n) is 4.04. The van der Waals surface area contributed by atoms with Gasteiger partial charge in [0.2, 0.25) is 5.91 Å². The second kappa shape index (κ2) is 13.6. The summed E-state index contributed by atoms with van der Waals surface area (Å²) >= 11 is 0. The number of benzene rings is 2. The van der Waals surface area contributed by atoms with Crippen LogP contribution < -0.4 is 10.6 Å². The van der Waals surface area contributed by atoms with E-state index in [1.807, 2.05) is 13.8 Å². The van der Waals surface area contributed by atoms with Crippen molar-refractivity contribution < 1.29 is 29.3 Å². The van der Waals surface area contributed by atoms with E-state index in [0.29, 0.717) is 16.7 Å². The summed E-state index contributed by atoms with van der Waals surface area (Å²) in [5.41, 5.74) is 0.725. The summed E-state index contributed by atoms with van der Waals surface area (Å²) in [4.78, 5) is 41.2. The fourth-order valence-corrected chi connectivity index (χ4v) is 4.04. The van der Waals surface area contributed by atoms with E-state index in [9.17, 15) is 24.6 Å². The number of amides is 3. The standard InChI is InChI=1S/C30H39N3O6/c1-8-10-20(4)31-27(36)26(22-13-16-25(35)19(3)17-22)33(9-2)28(37)24(32-29(38)39-30(5,6)7)18-21-11-14-23(34)15-12-21/h2,11-17,20,24,26,34-35H,8,10,18H2,1,3-7H3,(H,31,36)(H,32,38). The summed E-state index contributed by atoms with van der Waals surface area (Å²) in [7, 11) is 0. The Morgan fingerprint density at radius 2 is 1.72 bits per heavy atom. The number of aromatic hydroxyl groups is 2. The molecule has 9 heteroatoms. The van der Waals surface area contributed by atoms with E-state index in [2.05, 4.69) is 16.7 Å². The van der Waals surface area contributed by atoms with Crippen molar-refractivity contribution in [2.45, 2.75) is 84.5 Å². The van der Waals surface area contributed by atoms with Gasteiger partial charge in [-0.3, -0.25) is 14.5 Å². The Morgan fingerprint density at radius 3 is 2.26 bits per heavy atom. The molecule has 0 radical (unpaired) electrons. The number of hydrogen-bond acceptors (Lipinski definition) is 6. The maximum absolute atomic E-state index is 14.0. The van der Waals surface area contributed by atoms with Crippen LogP contribution in [0.5, 0.6) is 11.5 Å². The van der Waals surface area contributed by atoms with E-state index < -0.39 is 35.6 Å². The van der Waals surface area contributed by atoms with Gasteiger partial charge >= 0.3 is 6.09 Å². The first-order valence-electron chi connectivity index (χ1n) is 12.9. The second-order valence-electron chi connectivity index (χ2n) is 10.6. The van der Waals surface area contributed by atoms with Gasteiger partial charge in [0.15, 0.2) is 0 Å². The number of terminal acetylenes is 1. The molecular formula is C30H39N3O6. The molecule has 0 aliphatic rings. The SMILES string of the molecule is C#CN(C(=O)C(Cc1ccc(O)cc1)NC(=O)OC(C)(C)C)C(C(=O)NC(C)CCC)c1ccc(O)c(C)c1. The van der Waals surface area contributed by atoms with Crippen molar-refractivity contribution in [3.05, 3.63) is 59.2 Å². The molecule has 0 aromatic heterocycles. The van der Waals surface area contributed by atoms with Gasteiger partial charge in [0.05, 0.1) is 0 Å². The summed E-state index contributed by atoms with van der Waals surface area (Å²) in [6, 6.07) is 10.5. The lowest BCUT2D eigenvalue weighted by molar-refractivity contribution is -0.138. The molecule has 2 aromatic rings. The lowest BCUT2D eigenvalue weighted by Crippen LogP contribution is -2.52. The number of nitrogens with zero attached hydrogens (tertiary/aromatic N) is 1. The van der Waals surface area contributed by atoms with Crippen LogP contribution in [0, 0.1) is 19.4 Å². The molecule has 3 amide bonds. The maximum Gasteiger partial charge on any atom is 0.408 e. The Labute approximate surface area is 230 Å². The molecule has 0 aliphatic heterocycles. The number of alkyl carbamates (subject to hydrolysis) is 1. The molecule has 0 heterocycles. The highest BCUT2D eigenvalue weighted by Gasteiger charge is 2.36. The van der Waals surface area contributed by atoms with Crippen LogP contribution >= 0.6 is 0 Å². The molecule has 0 saturated heterocycles. The molecule has 3 unspecified atom stereocenters. The van der Waals surface area contributed by atoms with Crippen LogP contribution in [0.25, 0.3) is 0 Å². The minimum absolute atomic E-state index is 0.0196. The van der Waals surface area contributed by atoms with Gasteiger partial charge in [-0.15, -0.1) is 0 Å². The van der Waals surface area contributed by atoms with E-state index in [0.717, 1.165) is 17.7 Å². The van der Waals surface area contributed by atoms with Crippen molar-refractivity contribution in [2.24, 2.45) is 0 Å². The molecule has 0 saturated carbocycles. The van der Waals surface area contributed by atoms with Crippen LogP contribution in [-0.4, -0.2) is 50.7 Å². The quantitative estimate of drug-likeness (QED) is 0.264. The predicted molar refractivity (Wildman–Crippen MR) is 149 cm³/mol. The van der Waals surface area contributed by atoms with Gasteiger partial charge in [0.1, 0.15) is 29.2 Å². The van der Waals surface area contributed by atoms with E-state index in [-0.39, 0.29) is 24.0 Å². The van der Waals surface area contributed by atoms with Gasteiger partial charge in [0, 0.05) is 18.5 Å². The number of nitrogens with one attached hydrogen (secondary N) is 2. The topological polar surface area (TPSA) is 128 Å². The smallest absolute Gasteiger partial charge is 0.408 e. The molecule has 3 atom stereocenters. The van der Waals surface area contributed by atoms with Crippen LogP contribution in [0.1, 0.15) is 70.2 Å². The number of hydrogen-bond donors (Lipinski definition) is 4. The molecule has 4 N–H and O–H groups in total. The Morgan fingerprint density at radius 1 is 1.08 bits per heavy atom. The highest BCUT2D eigenvalue weighted by molar-refractivity contribution is 5.93. The van der Waals surface area contributed by atoms with Crippen LogP contribution in [0.3, 0.4) is 0 Å². The van der Waals surface area contributed by atoms with Crippen LogP contribution in [-0.2, 0) is 20.7 Å². The van der Waals surface area contributed by atoms with Crippen molar-refractivity contribution in [2.75, 3.05) is 0 Å². The first kappa shape index (κ1) is 31.0. The number of carbonyl (C=O) groups is 3. The van der Waals surface area contributed by atoms with Crippen molar-refractivity contribution in [3.8, 4) is 24.0 Å². The molecule has 9 nitrogen and oxygen atoms in total. The van der Waals surface area contributed by atoms with E-state index in [4.69, 9.17) is 11.2 Å². The predicted octanol–water partition coefficient (Wildman–Crippen LogP) is 4.31. The van der Waals surface area contributed by atoms with Crippen LogP contribution in [0.2, 0.25) is 0 Å². The summed E-state index contributed by atoms with van der Waals surface area (Å²) in [5, 5.41) is 25.2. The Kier molecular flexibility index (Phi) is 10.8. The number of carbonyl (C=O) groups excluding carboxylic acids is 3. The zero-order valence-electron chi connectivity index (χ0n) is 23.4. The van der Waals surface area contributed by atoms with Crippen molar-refractivity contribution in [1.82, 2.24) is 15.5 Å². The highest BCUT2D eigenvalue weighted by Crippen LogP contribution is 2.27. The third-order valence-electron chi connectivity index (χ3n) is 5.90. The third kappa shape index (κ3) is 9.25. The summed E-state index contributed by atoms with van der Waals surface area (Å²) in [6.45, 7) is 10.6. The van der Waals surface area contributed by atoms with E-state index >= 15 is 0 Å². The Bertz CT molecular complexity index is 1200. The second-order valence-corrected chi connectivity index (χ2v) is 10.6. The lowest BCUT2D eigenvalue weighted by atomic mass is 9.99. The van der Waals surface area contributed by atoms with Gasteiger partial charge in [-0.1, -0.05) is 38.0 Å². The normalized spacial score (nSPS) is 13.4. The molecule has 2 rings (SSSR count). The van der Waals surface area contributed by atoms with Gasteiger partial charge < -0.3 is 25.6 Å². The average Bonchev–Trinajstić information content (AvgIpc) is 2.83. The van der Waals surface area contributed by atoms with Gasteiger partial charge in [-0.2, -0.15) is 0 Å². The van der Waals surface area contributed by atoms with Gasteiger partial charge in [-0.05, 0) is 82.0 Å². The number of phenolic OH excluding ortho intramolecular Hbond substituents is 2. The maximum atomic E-state index is 14.0. The molecule has 0 aliphatic carbocycles. The average molecular weight is 538 g/mol. The van der Waals surface area contributed by atoms with Crippen molar-refractivity contribution >= 4 is 17.9 Å². The number of phenols is 2. The van der Waals surface area contributed by atoms with E-state index in [1.54, 1.807) is 45.9 Å². The largest absolute Gasteiger partial charge is 0.508 e. The summed E-state index contributed by atoms with van der Waals surface area (Å²) < 4.78 is 5.37. The molecule has 0 bridgehead atoms. The molecule has 0 fully saturated rings. The van der Waals surface area contributed by atoms with E-state index in [1.165, 1.54) is 24.3 Å². The zero-order chi connectivity index (χ0) is 29.3. The van der Waals surface area contributed by atoms with Gasteiger partial charge in [0.25, 0.3) is 5.91 Å². The monoisotopic (exact) mass is 537 g/mol. The first-order chi connectivity index (χ1) is 18.2. The molecule has 0 spiro atoms. The Balaban J connectivity index is 2.52.